The molecular formula is C5H7N2. The average Bonchev–Trinajstić information content (AvgIpc) is 1.90. The van der Waals surface area contributed by atoms with Crippen LogP contribution in [0.25, 0.3) is 0 Å². The van der Waals surface area contributed by atoms with Crippen LogP contribution < -0.4 is 10.9 Å². The minimum absolute atomic E-state index is 0.840. The third kappa shape index (κ3) is 1.41. The Hall–Kier alpha value is -0.760. The predicted molar refractivity (Wildman–Crippen MR) is 28.1 cm³/mol. The topological polar surface area (TPSA) is 24.1 Å². The summed E-state index contributed by atoms with van der Waals surface area (Å²) in [4.78, 5) is 0. The number of hydrogen-bond donors (Lipinski definition) is 2. The van der Waals surface area contributed by atoms with Gasteiger partial charge < -0.3 is 5.43 Å². The van der Waals surface area contributed by atoms with Crippen LogP contribution in [-0.4, -0.2) is 6.54 Å². The fourth-order valence-electron chi connectivity index (χ4n) is 0.386. The second-order valence-electron chi connectivity index (χ2n) is 1.23. The molecule has 0 fully saturated rings. The highest BCUT2D eigenvalue weighted by Gasteiger charge is 1.76. The Morgan fingerprint density at radius 2 is 2.57 bits per heavy atom. The van der Waals surface area contributed by atoms with E-state index in [2.05, 4.69) is 16.9 Å². The molecule has 0 saturated heterocycles. The van der Waals surface area contributed by atoms with Crippen LogP contribution in [0.1, 0.15) is 0 Å². The third-order valence-corrected chi connectivity index (χ3v) is 0.687. The molecule has 2 nitrogen and oxygen atoms in total. The van der Waals surface area contributed by atoms with E-state index in [9.17, 15) is 0 Å². The van der Waals surface area contributed by atoms with Gasteiger partial charge in [-0.2, -0.15) is 0 Å². The molecule has 0 unspecified atom stereocenters. The molecule has 1 aliphatic heterocycles. The van der Waals surface area contributed by atoms with E-state index in [0.29, 0.717) is 0 Å². The lowest BCUT2D eigenvalue weighted by Gasteiger charge is -1.93. The van der Waals surface area contributed by atoms with E-state index < -0.39 is 0 Å². The first-order chi connectivity index (χ1) is 3.50. The van der Waals surface area contributed by atoms with E-state index in [1.807, 2.05) is 12.2 Å². The molecule has 0 aromatic rings. The summed E-state index contributed by atoms with van der Waals surface area (Å²) in [6.07, 6.45) is 8.44. The van der Waals surface area contributed by atoms with Gasteiger partial charge in [-0.05, 0) is 12.2 Å². The first-order valence-electron chi connectivity index (χ1n) is 2.21. The van der Waals surface area contributed by atoms with Gasteiger partial charge in [0.05, 0.1) is 0 Å². The Balaban J connectivity index is 2.39. The van der Waals surface area contributed by atoms with E-state index in [1.165, 1.54) is 0 Å². The van der Waals surface area contributed by atoms with Crippen LogP contribution in [0, 0.1) is 6.08 Å². The minimum atomic E-state index is 0.840. The van der Waals surface area contributed by atoms with Crippen molar-refractivity contribution in [3.63, 3.8) is 0 Å². The lowest BCUT2D eigenvalue weighted by atomic mass is 10.5. The van der Waals surface area contributed by atoms with Crippen LogP contribution in [0.2, 0.25) is 0 Å². The first-order valence-corrected chi connectivity index (χ1v) is 2.21. The summed E-state index contributed by atoms with van der Waals surface area (Å²) < 4.78 is 0. The molecule has 2 heteroatoms. The molecule has 0 saturated carbocycles. The molecule has 0 amide bonds. The Kier molecular flexibility index (Phi) is 1.52. The van der Waals surface area contributed by atoms with E-state index in [-0.39, 0.29) is 0 Å². The normalized spacial score (nSPS) is 18.3. The molecule has 0 aliphatic carbocycles. The second-order valence-corrected chi connectivity index (χ2v) is 1.23. The zero-order valence-electron chi connectivity index (χ0n) is 3.94. The summed E-state index contributed by atoms with van der Waals surface area (Å²) >= 11 is 0. The van der Waals surface area contributed by atoms with Gasteiger partial charge in [-0.1, -0.05) is 6.08 Å². The van der Waals surface area contributed by atoms with Crippen molar-refractivity contribution in [2.24, 2.45) is 0 Å². The van der Waals surface area contributed by atoms with Crippen molar-refractivity contribution in [3.8, 4) is 0 Å². The van der Waals surface area contributed by atoms with Crippen LogP contribution >= 0.6 is 0 Å². The molecule has 2 N–H and O–H groups in total. The highest BCUT2D eigenvalue weighted by atomic mass is 15.3. The molecule has 0 aromatic carbocycles. The van der Waals surface area contributed by atoms with Gasteiger partial charge in [0.15, 0.2) is 0 Å². The van der Waals surface area contributed by atoms with Gasteiger partial charge in [0, 0.05) is 12.7 Å². The monoisotopic (exact) mass is 95.1 g/mol. The molecular weight excluding hydrogens is 88.1 g/mol. The van der Waals surface area contributed by atoms with E-state index in [0.717, 1.165) is 6.54 Å². The highest BCUT2D eigenvalue weighted by Crippen LogP contribution is 1.73. The van der Waals surface area contributed by atoms with Crippen LogP contribution in [0.3, 0.4) is 0 Å². The maximum absolute atomic E-state index is 2.92. The second kappa shape index (κ2) is 2.42. The number of allylic oxidation sites excluding steroid dienone is 2. The van der Waals surface area contributed by atoms with Crippen molar-refractivity contribution in [2.45, 2.75) is 0 Å². The fraction of sp³-hybridized carbons (Fsp3) is 0.200. The minimum Gasteiger partial charge on any atom is -0.328 e. The van der Waals surface area contributed by atoms with Crippen molar-refractivity contribution in [1.82, 2.24) is 10.9 Å². The maximum atomic E-state index is 2.92. The summed E-state index contributed by atoms with van der Waals surface area (Å²) in [5.74, 6) is 0. The Morgan fingerprint density at radius 1 is 1.57 bits per heavy atom. The van der Waals surface area contributed by atoms with Gasteiger partial charge >= 0.3 is 0 Å². The van der Waals surface area contributed by atoms with Crippen molar-refractivity contribution in [2.75, 3.05) is 6.54 Å². The molecule has 0 bridgehead atoms. The van der Waals surface area contributed by atoms with E-state index in [4.69, 9.17) is 0 Å². The molecule has 0 spiro atoms. The SMILES string of the molecule is [C]1=CCNNC=C1. The number of nitrogens with one attached hydrogen (secondary N) is 2. The largest absolute Gasteiger partial charge is 0.328 e. The van der Waals surface area contributed by atoms with Crippen LogP contribution in [0.5, 0.6) is 0 Å². The lowest BCUT2D eigenvalue weighted by molar-refractivity contribution is 0.687. The van der Waals surface area contributed by atoms with Gasteiger partial charge in [0.1, 0.15) is 0 Å². The Labute approximate surface area is 42.9 Å². The summed E-state index contributed by atoms with van der Waals surface area (Å²) in [6, 6.07) is 0. The van der Waals surface area contributed by atoms with Crippen molar-refractivity contribution in [3.05, 3.63) is 24.4 Å². The molecule has 1 heterocycles. The van der Waals surface area contributed by atoms with Crippen LogP contribution in [0.15, 0.2) is 18.4 Å². The number of hydrazine groups is 1. The zero-order valence-corrected chi connectivity index (χ0v) is 3.94. The third-order valence-electron chi connectivity index (χ3n) is 0.687. The summed E-state index contributed by atoms with van der Waals surface area (Å²) in [5.41, 5.74) is 5.72. The smallest absolute Gasteiger partial charge is 0.0337 e. The summed E-state index contributed by atoms with van der Waals surface area (Å²) in [5, 5.41) is 0. The number of rotatable bonds is 0. The zero-order chi connectivity index (χ0) is 4.95. The van der Waals surface area contributed by atoms with E-state index >= 15 is 0 Å². The van der Waals surface area contributed by atoms with Crippen LogP contribution in [-0.2, 0) is 0 Å². The fourth-order valence-corrected chi connectivity index (χ4v) is 0.386. The predicted octanol–water partition coefficient (Wildman–Crippen LogP) is -0.0327. The van der Waals surface area contributed by atoms with Crippen molar-refractivity contribution in [1.29, 1.82) is 0 Å². The van der Waals surface area contributed by atoms with Gasteiger partial charge in [0.25, 0.3) is 0 Å². The summed E-state index contributed by atoms with van der Waals surface area (Å²) in [7, 11) is 0. The van der Waals surface area contributed by atoms with Crippen LogP contribution in [0.4, 0.5) is 0 Å². The molecule has 37 valence electrons. The number of hydrogen-bond acceptors (Lipinski definition) is 2. The molecule has 1 rings (SSSR count). The molecule has 1 aliphatic rings. The molecule has 0 atom stereocenters. The van der Waals surface area contributed by atoms with Gasteiger partial charge in [-0.3, -0.25) is 0 Å². The van der Waals surface area contributed by atoms with Gasteiger partial charge in [-0.25, -0.2) is 5.43 Å². The van der Waals surface area contributed by atoms with Gasteiger partial charge in [-0.15, -0.1) is 0 Å². The average molecular weight is 95.1 g/mol. The highest BCUT2D eigenvalue weighted by molar-refractivity contribution is 4.96. The standard InChI is InChI=1S/C5H7N2/c1-2-4-6-7-5-3-1/h2-4,6-7H,5H2. The summed E-state index contributed by atoms with van der Waals surface area (Å²) in [6.45, 7) is 0.840. The van der Waals surface area contributed by atoms with Crippen molar-refractivity contribution < 1.29 is 0 Å². The maximum Gasteiger partial charge on any atom is 0.0337 e. The Morgan fingerprint density at radius 3 is 3.57 bits per heavy atom. The van der Waals surface area contributed by atoms with Gasteiger partial charge in [0.2, 0.25) is 0 Å². The molecule has 0 aromatic heterocycles. The van der Waals surface area contributed by atoms with Crippen molar-refractivity contribution >= 4 is 0 Å². The Bertz CT molecular complexity index is 82.3. The molecule has 7 heavy (non-hydrogen) atoms. The lowest BCUT2D eigenvalue weighted by Crippen LogP contribution is -2.25. The first kappa shape index (κ1) is 4.40. The van der Waals surface area contributed by atoms with E-state index in [1.54, 1.807) is 6.20 Å². The quantitative estimate of drug-likeness (QED) is 0.441. The molecule has 1 radical (unpaired) electrons.